The molecule has 2 aromatic heterocycles. The number of nitrogens with one attached hydrogen (secondary N) is 1. The lowest BCUT2D eigenvalue weighted by atomic mass is 9.92. The van der Waals surface area contributed by atoms with Gasteiger partial charge in [-0.3, -0.25) is 9.59 Å². The Kier molecular flexibility index (Phi) is 7.64. The van der Waals surface area contributed by atoms with Crippen molar-refractivity contribution >= 4 is 29.5 Å². The Labute approximate surface area is 208 Å². The first-order chi connectivity index (χ1) is 16.3. The molecule has 3 amide bonds. The van der Waals surface area contributed by atoms with Crippen molar-refractivity contribution in [3.05, 3.63) is 46.6 Å². The normalized spacial score (nSPS) is 18.3. The van der Waals surface area contributed by atoms with Gasteiger partial charge in [-0.25, -0.2) is 14.8 Å². The van der Waals surface area contributed by atoms with E-state index in [0.717, 1.165) is 6.07 Å². The average Bonchev–Trinajstić information content (AvgIpc) is 2.76. The second-order valence-corrected chi connectivity index (χ2v) is 9.76. The van der Waals surface area contributed by atoms with Crippen molar-refractivity contribution < 1.29 is 23.5 Å². The Morgan fingerprint density at radius 3 is 2.46 bits per heavy atom. The summed E-state index contributed by atoms with van der Waals surface area (Å²) in [6, 6.07) is 3.09. The summed E-state index contributed by atoms with van der Waals surface area (Å²) in [7, 11) is 1.45. The lowest BCUT2D eigenvalue weighted by Crippen LogP contribution is -2.57. The van der Waals surface area contributed by atoms with Crippen molar-refractivity contribution in [1.82, 2.24) is 25.1 Å². The third-order valence-electron chi connectivity index (χ3n) is 5.60. The topological polar surface area (TPSA) is 105 Å². The first-order valence-corrected chi connectivity index (χ1v) is 11.5. The number of rotatable bonds is 3. The van der Waals surface area contributed by atoms with Crippen LogP contribution in [0.4, 0.5) is 9.18 Å². The van der Waals surface area contributed by atoms with Crippen LogP contribution in [0.1, 0.15) is 56.6 Å². The summed E-state index contributed by atoms with van der Waals surface area (Å²) in [4.78, 5) is 49.7. The molecule has 0 saturated carbocycles. The highest BCUT2D eigenvalue weighted by Gasteiger charge is 2.40. The van der Waals surface area contributed by atoms with Crippen molar-refractivity contribution in [3.63, 3.8) is 0 Å². The van der Waals surface area contributed by atoms with Crippen LogP contribution in [0.3, 0.4) is 0 Å². The van der Waals surface area contributed by atoms with Gasteiger partial charge in [-0.05, 0) is 45.4 Å². The second kappa shape index (κ2) is 10.2. The fourth-order valence-electron chi connectivity index (χ4n) is 4.08. The molecule has 1 saturated heterocycles. The number of nitrogens with zero attached hydrogens (tertiary/aromatic N) is 4. The number of ether oxygens (including phenoxy) is 1. The standard InChI is InChI=1S/C24H29ClFN5O4/c1-13-11-31(14(2)32)17(12-30(13)23(34)35-24(3,4)5)16-10-18(25)29-21(20(16)22(33)27-6)15-7-8-28-19(26)9-15/h7-10,13,17H,11-12H2,1-6H3,(H,27,33)/t13-,17-/m0/s1. The molecule has 1 N–H and O–H groups in total. The minimum absolute atomic E-state index is 0.0471. The molecule has 0 bridgehead atoms. The smallest absolute Gasteiger partial charge is 0.410 e. The van der Waals surface area contributed by atoms with Gasteiger partial charge < -0.3 is 19.9 Å². The predicted octanol–water partition coefficient (Wildman–Crippen LogP) is 3.82. The van der Waals surface area contributed by atoms with Crippen LogP contribution in [0.5, 0.6) is 0 Å². The number of pyridine rings is 2. The first kappa shape index (κ1) is 26.3. The molecule has 1 aliphatic rings. The molecule has 2 atom stereocenters. The van der Waals surface area contributed by atoms with Crippen LogP contribution in [-0.4, -0.2) is 69.5 Å². The molecule has 1 fully saturated rings. The Morgan fingerprint density at radius 1 is 1.20 bits per heavy atom. The Bertz CT molecular complexity index is 1150. The van der Waals surface area contributed by atoms with Gasteiger partial charge in [-0.1, -0.05) is 11.6 Å². The average molecular weight is 506 g/mol. The Hall–Kier alpha value is -3.27. The van der Waals surface area contributed by atoms with E-state index in [1.54, 1.807) is 25.7 Å². The third kappa shape index (κ3) is 5.87. The SMILES string of the molecule is CNC(=O)c1c([C@@H]2CN(C(=O)OC(C)(C)C)[C@@H](C)CN2C(C)=O)cc(Cl)nc1-c1ccnc(F)c1. The predicted molar refractivity (Wildman–Crippen MR) is 128 cm³/mol. The number of hydrogen-bond donors (Lipinski definition) is 1. The fourth-order valence-corrected chi connectivity index (χ4v) is 4.28. The molecule has 3 heterocycles. The van der Waals surface area contributed by atoms with Crippen molar-refractivity contribution in [2.75, 3.05) is 20.1 Å². The molecule has 0 aromatic carbocycles. The van der Waals surface area contributed by atoms with Crippen molar-refractivity contribution in [2.24, 2.45) is 0 Å². The van der Waals surface area contributed by atoms with E-state index in [9.17, 15) is 18.8 Å². The van der Waals surface area contributed by atoms with Crippen LogP contribution >= 0.6 is 11.6 Å². The van der Waals surface area contributed by atoms with Gasteiger partial charge in [0.25, 0.3) is 5.91 Å². The molecule has 3 rings (SSSR count). The number of carbonyl (C=O) groups is 3. The molecular formula is C24H29ClFN5O4. The minimum atomic E-state index is -0.748. The quantitative estimate of drug-likeness (QED) is 0.636. The van der Waals surface area contributed by atoms with E-state index in [0.29, 0.717) is 11.1 Å². The van der Waals surface area contributed by atoms with Crippen molar-refractivity contribution in [2.45, 2.75) is 52.3 Å². The molecule has 9 nitrogen and oxygen atoms in total. The molecular weight excluding hydrogens is 477 g/mol. The molecule has 0 aliphatic carbocycles. The van der Waals surface area contributed by atoms with Crippen molar-refractivity contribution in [3.8, 4) is 11.3 Å². The van der Waals surface area contributed by atoms with Crippen molar-refractivity contribution in [1.29, 1.82) is 0 Å². The maximum atomic E-state index is 13.9. The number of aromatic nitrogens is 2. The zero-order chi connectivity index (χ0) is 26.1. The van der Waals surface area contributed by atoms with Crippen LogP contribution < -0.4 is 5.32 Å². The largest absolute Gasteiger partial charge is 0.444 e. The number of carbonyl (C=O) groups excluding carboxylic acids is 3. The van der Waals surface area contributed by atoms with Gasteiger partial charge in [-0.15, -0.1) is 0 Å². The summed E-state index contributed by atoms with van der Waals surface area (Å²) in [5, 5.41) is 2.63. The molecule has 0 radical (unpaired) electrons. The van der Waals surface area contributed by atoms with Gasteiger partial charge >= 0.3 is 6.09 Å². The lowest BCUT2D eigenvalue weighted by molar-refractivity contribution is -0.135. The van der Waals surface area contributed by atoms with Gasteiger partial charge in [0.1, 0.15) is 10.8 Å². The Balaban J connectivity index is 2.20. The summed E-state index contributed by atoms with van der Waals surface area (Å²) in [6.07, 6.45) is 0.728. The summed E-state index contributed by atoms with van der Waals surface area (Å²) in [5.41, 5.74) is 0.224. The molecule has 11 heteroatoms. The minimum Gasteiger partial charge on any atom is -0.444 e. The van der Waals surface area contributed by atoms with Crippen LogP contribution in [0.2, 0.25) is 5.15 Å². The van der Waals surface area contributed by atoms with E-state index in [-0.39, 0.29) is 41.4 Å². The monoisotopic (exact) mass is 505 g/mol. The van der Waals surface area contributed by atoms with Crippen LogP contribution in [-0.2, 0) is 9.53 Å². The van der Waals surface area contributed by atoms with Gasteiger partial charge in [-0.2, -0.15) is 4.39 Å². The summed E-state index contributed by atoms with van der Waals surface area (Å²) >= 11 is 6.36. The third-order valence-corrected chi connectivity index (χ3v) is 5.80. The van der Waals surface area contributed by atoms with Crippen LogP contribution in [0.25, 0.3) is 11.3 Å². The zero-order valence-electron chi connectivity index (χ0n) is 20.6. The number of piperazine rings is 1. The summed E-state index contributed by atoms with van der Waals surface area (Å²) in [5.74, 6) is -1.48. The Morgan fingerprint density at radius 2 is 1.89 bits per heavy atom. The molecule has 2 aromatic rings. The molecule has 35 heavy (non-hydrogen) atoms. The molecule has 188 valence electrons. The van der Waals surface area contributed by atoms with Crippen LogP contribution in [0, 0.1) is 5.95 Å². The number of amides is 3. The van der Waals surface area contributed by atoms with Gasteiger partial charge in [0.2, 0.25) is 11.9 Å². The second-order valence-electron chi connectivity index (χ2n) is 9.37. The number of halogens is 2. The lowest BCUT2D eigenvalue weighted by Gasteiger charge is -2.45. The van der Waals surface area contributed by atoms with E-state index in [2.05, 4.69) is 15.3 Å². The molecule has 0 spiro atoms. The van der Waals surface area contributed by atoms with E-state index in [4.69, 9.17) is 16.3 Å². The van der Waals surface area contributed by atoms with E-state index in [1.165, 1.54) is 37.2 Å². The van der Waals surface area contributed by atoms with Gasteiger partial charge in [0.05, 0.1) is 17.3 Å². The molecule has 0 unspecified atom stereocenters. The fraction of sp³-hybridized carbons (Fsp3) is 0.458. The first-order valence-electron chi connectivity index (χ1n) is 11.1. The highest BCUT2D eigenvalue weighted by atomic mass is 35.5. The zero-order valence-corrected chi connectivity index (χ0v) is 21.3. The number of hydrogen-bond acceptors (Lipinski definition) is 6. The summed E-state index contributed by atoms with van der Waals surface area (Å²) in [6.45, 7) is 8.82. The summed E-state index contributed by atoms with van der Waals surface area (Å²) < 4.78 is 19.5. The van der Waals surface area contributed by atoms with Crippen LogP contribution in [0.15, 0.2) is 24.4 Å². The highest BCUT2D eigenvalue weighted by molar-refractivity contribution is 6.29. The maximum absolute atomic E-state index is 13.9. The van der Waals surface area contributed by atoms with Gasteiger partial charge in [0, 0.05) is 50.9 Å². The molecule has 1 aliphatic heterocycles. The maximum Gasteiger partial charge on any atom is 0.410 e. The van der Waals surface area contributed by atoms with Gasteiger partial charge in [0.15, 0.2) is 0 Å². The van der Waals surface area contributed by atoms with E-state index >= 15 is 0 Å². The highest BCUT2D eigenvalue weighted by Crippen LogP contribution is 2.36. The van der Waals surface area contributed by atoms with E-state index in [1.807, 2.05) is 6.92 Å². The van der Waals surface area contributed by atoms with E-state index < -0.39 is 29.6 Å².